The largest absolute Gasteiger partial charge is 0.316 e. The van der Waals surface area contributed by atoms with Crippen molar-refractivity contribution in [3.63, 3.8) is 0 Å². The summed E-state index contributed by atoms with van der Waals surface area (Å²) in [5, 5.41) is 3.42. The Bertz CT molecular complexity index is 241. The predicted molar refractivity (Wildman–Crippen MR) is 56.1 cm³/mol. The van der Waals surface area contributed by atoms with Crippen LogP contribution in [-0.2, 0) is 0 Å². The predicted octanol–water partition coefficient (Wildman–Crippen LogP) is 0.938. The first kappa shape index (κ1) is 8.12. The van der Waals surface area contributed by atoms with E-state index in [0.29, 0.717) is 0 Å². The van der Waals surface area contributed by atoms with Crippen LogP contribution in [0.2, 0.25) is 0 Å². The third-order valence-electron chi connectivity index (χ3n) is 5.01. The molecule has 2 heteroatoms. The first-order valence-electron chi connectivity index (χ1n) is 6.26. The Morgan fingerprint density at radius 3 is 2.43 bits per heavy atom. The van der Waals surface area contributed by atoms with Gasteiger partial charge in [0.2, 0.25) is 0 Å². The summed E-state index contributed by atoms with van der Waals surface area (Å²) in [5.41, 5.74) is 0.785. The molecule has 14 heavy (non-hydrogen) atoms. The molecule has 2 saturated heterocycles. The van der Waals surface area contributed by atoms with Crippen LogP contribution in [0.1, 0.15) is 19.3 Å². The van der Waals surface area contributed by atoms with E-state index in [1.165, 1.54) is 45.6 Å². The lowest BCUT2D eigenvalue weighted by atomic mass is 9.58. The molecular formula is C12H20N2. The number of nitrogens with zero attached hydrogens (tertiary/aromatic N) is 1. The molecule has 2 aliphatic heterocycles. The zero-order chi connectivity index (χ0) is 9.17. The van der Waals surface area contributed by atoms with Crippen LogP contribution in [0.3, 0.4) is 0 Å². The zero-order valence-electron chi connectivity index (χ0n) is 8.84. The van der Waals surface area contributed by atoms with E-state index in [2.05, 4.69) is 10.2 Å². The van der Waals surface area contributed by atoms with Crippen molar-refractivity contribution in [3.05, 3.63) is 0 Å². The van der Waals surface area contributed by atoms with Gasteiger partial charge in [-0.2, -0.15) is 0 Å². The van der Waals surface area contributed by atoms with E-state index in [1.807, 2.05) is 0 Å². The fourth-order valence-corrected chi connectivity index (χ4v) is 4.07. The molecule has 0 aromatic carbocycles. The van der Waals surface area contributed by atoms with Gasteiger partial charge in [-0.1, -0.05) is 0 Å². The Morgan fingerprint density at radius 2 is 1.86 bits per heavy atom. The lowest BCUT2D eigenvalue weighted by molar-refractivity contribution is -0.0140. The number of nitrogens with one attached hydrogen (secondary N) is 1. The van der Waals surface area contributed by atoms with Crippen LogP contribution in [0.25, 0.3) is 0 Å². The number of hydrogen-bond acceptors (Lipinski definition) is 2. The van der Waals surface area contributed by atoms with Gasteiger partial charge in [0, 0.05) is 32.7 Å². The van der Waals surface area contributed by atoms with E-state index < -0.39 is 0 Å². The van der Waals surface area contributed by atoms with Gasteiger partial charge in [-0.3, -0.25) is 0 Å². The van der Waals surface area contributed by atoms with Crippen molar-refractivity contribution in [2.75, 3.05) is 32.7 Å². The Labute approximate surface area is 86.0 Å². The molecule has 2 atom stereocenters. The standard InChI is InChI=1S/C12H20N2/c1-10-5-14(6-11(1)10)4-9-2-12(3-9)7-13-8-12/h9-11,13H,1-8H2. The van der Waals surface area contributed by atoms with Crippen LogP contribution in [0.4, 0.5) is 0 Å². The van der Waals surface area contributed by atoms with Gasteiger partial charge >= 0.3 is 0 Å². The second kappa shape index (κ2) is 2.53. The number of piperidine rings is 1. The van der Waals surface area contributed by atoms with Gasteiger partial charge in [0.15, 0.2) is 0 Å². The summed E-state index contributed by atoms with van der Waals surface area (Å²) >= 11 is 0. The molecule has 0 bridgehead atoms. The quantitative estimate of drug-likeness (QED) is 0.700. The summed E-state index contributed by atoms with van der Waals surface area (Å²) in [6.07, 6.45) is 4.59. The Morgan fingerprint density at radius 1 is 1.14 bits per heavy atom. The monoisotopic (exact) mass is 192 g/mol. The third kappa shape index (κ3) is 1.10. The van der Waals surface area contributed by atoms with Gasteiger partial charge in [0.1, 0.15) is 0 Å². The minimum atomic E-state index is 0.785. The van der Waals surface area contributed by atoms with Gasteiger partial charge in [-0.15, -0.1) is 0 Å². The molecular weight excluding hydrogens is 172 g/mol. The van der Waals surface area contributed by atoms with Crippen molar-refractivity contribution in [1.82, 2.24) is 10.2 Å². The van der Waals surface area contributed by atoms with Crippen LogP contribution in [0.5, 0.6) is 0 Å². The summed E-state index contributed by atoms with van der Waals surface area (Å²) in [4.78, 5) is 2.74. The maximum atomic E-state index is 3.42. The molecule has 1 N–H and O–H groups in total. The topological polar surface area (TPSA) is 15.3 Å². The van der Waals surface area contributed by atoms with E-state index >= 15 is 0 Å². The molecule has 0 aromatic rings. The average molecular weight is 192 g/mol. The Kier molecular flexibility index (Phi) is 1.47. The highest BCUT2D eigenvalue weighted by atomic mass is 15.2. The maximum Gasteiger partial charge on any atom is 0.00204 e. The second-order valence-corrected chi connectivity index (χ2v) is 6.35. The first-order chi connectivity index (χ1) is 6.83. The molecule has 0 aromatic heterocycles. The summed E-state index contributed by atoms with van der Waals surface area (Å²) in [5.74, 6) is 3.29. The molecule has 2 nitrogen and oxygen atoms in total. The van der Waals surface area contributed by atoms with E-state index in [1.54, 1.807) is 6.42 Å². The van der Waals surface area contributed by atoms with Crippen LogP contribution < -0.4 is 5.32 Å². The highest BCUT2D eigenvalue weighted by Crippen LogP contribution is 2.50. The van der Waals surface area contributed by atoms with Crippen LogP contribution >= 0.6 is 0 Å². The number of fused-ring (bicyclic) bond motifs is 1. The fourth-order valence-electron chi connectivity index (χ4n) is 4.07. The second-order valence-electron chi connectivity index (χ2n) is 6.35. The lowest BCUT2D eigenvalue weighted by Crippen LogP contribution is -2.61. The summed E-state index contributed by atoms with van der Waals surface area (Å²) < 4.78 is 0. The van der Waals surface area contributed by atoms with Crippen molar-refractivity contribution < 1.29 is 0 Å². The normalized spacial score (nSPS) is 44.6. The minimum absolute atomic E-state index is 0.785. The van der Waals surface area contributed by atoms with E-state index in [0.717, 1.165) is 23.2 Å². The number of likely N-dealkylation sites (tertiary alicyclic amines) is 1. The molecule has 2 heterocycles. The van der Waals surface area contributed by atoms with E-state index in [9.17, 15) is 0 Å². The molecule has 4 fully saturated rings. The van der Waals surface area contributed by atoms with Crippen molar-refractivity contribution in [3.8, 4) is 0 Å². The number of hydrogen-bond donors (Lipinski definition) is 1. The SMILES string of the molecule is C1C2CN(CC3CC4(CNC4)C3)CC12. The molecule has 0 radical (unpaired) electrons. The van der Waals surface area contributed by atoms with Crippen molar-refractivity contribution in [2.45, 2.75) is 19.3 Å². The van der Waals surface area contributed by atoms with Crippen LogP contribution in [0.15, 0.2) is 0 Å². The molecule has 4 aliphatic rings. The zero-order valence-corrected chi connectivity index (χ0v) is 8.84. The fraction of sp³-hybridized carbons (Fsp3) is 1.00. The van der Waals surface area contributed by atoms with Crippen molar-refractivity contribution >= 4 is 0 Å². The van der Waals surface area contributed by atoms with Crippen molar-refractivity contribution in [1.29, 1.82) is 0 Å². The van der Waals surface area contributed by atoms with Crippen LogP contribution in [0, 0.1) is 23.2 Å². The molecule has 2 aliphatic carbocycles. The highest BCUT2D eigenvalue weighted by molar-refractivity contribution is 5.04. The molecule has 2 unspecified atom stereocenters. The minimum Gasteiger partial charge on any atom is -0.316 e. The van der Waals surface area contributed by atoms with Crippen molar-refractivity contribution in [2.24, 2.45) is 23.2 Å². The summed E-state index contributed by atoms with van der Waals surface area (Å²) in [6.45, 7) is 6.93. The average Bonchev–Trinajstić information content (AvgIpc) is 2.63. The summed E-state index contributed by atoms with van der Waals surface area (Å²) in [6, 6.07) is 0. The number of rotatable bonds is 2. The van der Waals surface area contributed by atoms with Gasteiger partial charge in [-0.05, 0) is 42.4 Å². The van der Waals surface area contributed by atoms with Gasteiger partial charge in [-0.25, -0.2) is 0 Å². The molecule has 4 rings (SSSR count). The van der Waals surface area contributed by atoms with Gasteiger partial charge in [0.25, 0.3) is 0 Å². The first-order valence-corrected chi connectivity index (χ1v) is 6.26. The maximum absolute atomic E-state index is 3.42. The highest BCUT2D eigenvalue weighted by Gasteiger charge is 2.50. The smallest absolute Gasteiger partial charge is 0.00204 e. The van der Waals surface area contributed by atoms with E-state index in [4.69, 9.17) is 0 Å². The third-order valence-corrected chi connectivity index (χ3v) is 5.01. The summed E-state index contributed by atoms with van der Waals surface area (Å²) in [7, 11) is 0. The lowest BCUT2D eigenvalue weighted by Gasteiger charge is -2.55. The Balaban J connectivity index is 1.27. The Hall–Kier alpha value is -0.0800. The van der Waals surface area contributed by atoms with Crippen LogP contribution in [-0.4, -0.2) is 37.6 Å². The molecule has 0 amide bonds. The molecule has 2 saturated carbocycles. The van der Waals surface area contributed by atoms with Gasteiger partial charge in [0.05, 0.1) is 0 Å². The molecule has 1 spiro atoms. The van der Waals surface area contributed by atoms with Gasteiger partial charge < -0.3 is 10.2 Å². The molecule has 78 valence electrons. The van der Waals surface area contributed by atoms with E-state index in [-0.39, 0.29) is 0 Å².